The van der Waals surface area contributed by atoms with Gasteiger partial charge in [-0.3, -0.25) is 4.79 Å². The second kappa shape index (κ2) is 9.27. The van der Waals surface area contributed by atoms with Gasteiger partial charge in [0, 0.05) is 6.61 Å². The van der Waals surface area contributed by atoms with Gasteiger partial charge in [0.2, 0.25) is 0 Å². The molecule has 0 bridgehead atoms. The molecule has 3 rings (SSSR count). The Balaban J connectivity index is 1.86. The molecule has 1 fully saturated rings. The van der Waals surface area contributed by atoms with Gasteiger partial charge in [-0.25, -0.2) is 0 Å². The molecule has 0 unspecified atom stereocenters. The number of carbonyl (C=O) groups excluding carboxylic acids is 1. The molecule has 0 N–H and O–H groups in total. The summed E-state index contributed by atoms with van der Waals surface area (Å²) >= 11 is 0. The molecule has 3 nitrogen and oxygen atoms in total. The van der Waals surface area contributed by atoms with Crippen LogP contribution in [0.15, 0.2) is 60.7 Å². The molecule has 0 spiro atoms. The van der Waals surface area contributed by atoms with Gasteiger partial charge in [0.15, 0.2) is 0 Å². The van der Waals surface area contributed by atoms with Gasteiger partial charge < -0.3 is 9.16 Å². The van der Waals surface area contributed by atoms with Crippen molar-refractivity contribution in [3.8, 4) is 0 Å². The van der Waals surface area contributed by atoms with Crippen molar-refractivity contribution >= 4 is 24.7 Å². The Kier molecular flexibility index (Phi) is 6.96. The van der Waals surface area contributed by atoms with Crippen molar-refractivity contribution in [1.82, 2.24) is 0 Å². The van der Waals surface area contributed by atoms with Crippen molar-refractivity contribution in [2.45, 2.75) is 51.5 Å². The van der Waals surface area contributed by atoms with E-state index in [1.54, 1.807) is 0 Å². The summed E-state index contributed by atoms with van der Waals surface area (Å²) in [7, 11) is -0.984. The van der Waals surface area contributed by atoms with Crippen molar-refractivity contribution < 1.29 is 14.0 Å². The van der Waals surface area contributed by atoms with Gasteiger partial charge in [0.05, 0.1) is 13.0 Å². The molecule has 1 aliphatic carbocycles. The Morgan fingerprint density at radius 1 is 0.897 bits per heavy atom. The van der Waals surface area contributed by atoms with E-state index in [-0.39, 0.29) is 16.9 Å². The number of hydrogen-bond donors (Lipinski definition) is 0. The van der Waals surface area contributed by atoms with Gasteiger partial charge in [-0.15, -0.1) is 0 Å². The summed E-state index contributed by atoms with van der Waals surface area (Å²) in [6.45, 7) is 7.69. The Morgan fingerprint density at radius 3 is 1.79 bits per heavy atom. The minimum absolute atomic E-state index is 0.00107. The lowest BCUT2D eigenvalue weighted by atomic mass is 9.82. The number of carbonyl (C=O) groups is 1. The van der Waals surface area contributed by atoms with E-state index in [4.69, 9.17) is 9.16 Å². The molecule has 0 aromatic heterocycles. The highest BCUT2D eigenvalue weighted by atomic mass is 28.4. The highest BCUT2D eigenvalue weighted by molar-refractivity contribution is 6.99. The molecular formula is C25H34O3Si. The molecule has 1 aliphatic rings. The first-order chi connectivity index (χ1) is 13.9. The zero-order chi connectivity index (χ0) is 20.9. The summed E-state index contributed by atoms with van der Waals surface area (Å²) in [5, 5.41) is 2.64. The number of methoxy groups -OCH3 is 1. The number of esters is 1. The van der Waals surface area contributed by atoms with E-state index in [0.29, 0.717) is 5.92 Å². The van der Waals surface area contributed by atoms with Gasteiger partial charge >= 0.3 is 5.97 Å². The molecule has 0 radical (unpaired) electrons. The van der Waals surface area contributed by atoms with E-state index >= 15 is 0 Å². The molecule has 0 aliphatic heterocycles. The zero-order valence-corrected chi connectivity index (χ0v) is 19.2. The second-order valence-corrected chi connectivity index (χ2v) is 13.5. The molecule has 29 heavy (non-hydrogen) atoms. The minimum atomic E-state index is -2.47. The van der Waals surface area contributed by atoms with E-state index in [1.807, 2.05) is 0 Å². The molecule has 1 saturated carbocycles. The normalized spacial score (nSPS) is 20.3. The number of hydrogen-bond acceptors (Lipinski definition) is 3. The molecule has 4 heteroatoms. The van der Waals surface area contributed by atoms with Crippen molar-refractivity contribution in [3.63, 3.8) is 0 Å². The summed E-state index contributed by atoms with van der Waals surface area (Å²) < 4.78 is 12.0. The molecule has 156 valence electrons. The predicted octanol–water partition coefficient (Wildman–Crippen LogP) is 4.54. The highest BCUT2D eigenvalue weighted by Gasteiger charge is 2.50. The van der Waals surface area contributed by atoms with Crippen molar-refractivity contribution in [2.75, 3.05) is 13.7 Å². The summed E-state index contributed by atoms with van der Waals surface area (Å²) in [5.74, 6) is 0.498. The monoisotopic (exact) mass is 410 g/mol. The fourth-order valence-corrected chi connectivity index (χ4v) is 9.38. The van der Waals surface area contributed by atoms with Crippen LogP contribution < -0.4 is 10.4 Å². The topological polar surface area (TPSA) is 35.5 Å². The Hall–Kier alpha value is -1.91. The van der Waals surface area contributed by atoms with E-state index in [9.17, 15) is 4.79 Å². The average molecular weight is 411 g/mol. The van der Waals surface area contributed by atoms with Gasteiger partial charge in [-0.2, -0.15) is 0 Å². The predicted molar refractivity (Wildman–Crippen MR) is 121 cm³/mol. The van der Waals surface area contributed by atoms with E-state index < -0.39 is 8.32 Å². The van der Waals surface area contributed by atoms with E-state index in [0.717, 1.165) is 32.3 Å². The summed E-state index contributed by atoms with van der Waals surface area (Å²) in [6, 6.07) is 21.6. The standard InChI is InChI=1S/C25H34O3Si/c1-25(2,3)29(22-11-7-5-8-12-22,23-13-9-6-10-14-23)28-19-20-15-17-21(18-16-20)24(26)27-4/h5-14,20-21H,15-19H2,1-4H3. The third kappa shape index (κ3) is 4.64. The third-order valence-corrected chi connectivity index (χ3v) is 11.3. The first kappa shape index (κ1) is 21.8. The highest BCUT2D eigenvalue weighted by Crippen LogP contribution is 2.38. The SMILES string of the molecule is COC(=O)C1CCC(CO[Si](c2ccccc2)(c2ccccc2)C(C)(C)C)CC1. The van der Waals surface area contributed by atoms with Crippen LogP contribution in [0.3, 0.4) is 0 Å². The largest absolute Gasteiger partial charge is 0.469 e. The van der Waals surface area contributed by atoms with E-state index in [1.165, 1.54) is 17.5 Å². The van der Waals surface area contributed by atoms with Gasteiger partial charge in [-0.05, 0) is 47.0 Å². The lowest BCUT2D eigenvalue weighted by Crippen LogP contribution is -2.67. The van der Waals surface area contributed by atoms with Crippen LogP contribution >= 0.6 is 0 Å². The van der Waals surface area contributed by atoms with E-state index in [2.05, 4.69) is 81.4 Å². The summed E-state index contributed by atoms with van der Waals surface area (Å²) in [5.41, 5.74) is 0. The van der Waals surface area contributed by atoms with Crippen LogP contribution in [-0.4, -0.2) is 28.0 Å². The van der Waals surface area contributed by atoms with Crippen LogP contribution in [0, 0.1) is 11.8 Å². The summed E-state index contributed by atoms with van der Waals surface area (Å²) in [6.07, 6.45) is 3.86. The Bertz CT molecular complexity index is 735. The fraction of sp³-hybridized carbons (Fsp3) is 0.480. The molecule has 0 atom stereocenters. The fourth-order valence-electron chi connectivity index (χ4n) is 4.74. The van der Waals surface area contributed by atoms with Crippen molar-refractivity contribution in [3.05, 3.63) is 60.7 Å². The maximum atomic E-state index is 11.8. The molecule has 2 aromatic rings. The summed E-state index contributed by atoms with van der Waals surface area (Å²) in [4.78, 5) is 11.8. The van der Waals surface area contributed by atoms with Crippen molar-refractivity contribution in [1.29, 1.82) is 0 Å². The number of ether oxygens (including phenoxy) is 1. The lowest BCUT2D eigenvalue weighted by molar-refractivity contribution is -0.146. The number of benzene rings is 2. The van der Waals surface area contributed by atoms with Gasteiger partial charge in [-0.1, -0.05) is 81.4 Å². The van der Waals surface area contributed by atoms with Crippen molar-refractivity contribution in [2.24, 2.45) is 11.8 Å². The van der Waals surface area contributed by atoms with Crippen LogP contribution in [-0.2, 0) is 14.0 Å². The first-order valence-electron chi connectivity index (χ1n) is 10.7. The lowest BCUT2D eigenvalue weighted by Gasteiger charge is -2.44. The molecule has 0 heterocycles. The smallest absolute Gasteiger partial charge is 0.308 e. The second-order valence-electron chi connectivity index (χ2n) is 9.22. The quantitative estimate of drug-likeness (QED) is 0.518. The van der Waals surface area contributed by atoms with Crippen LogP contribution in [0.1, 0.15) is 46.5 Å². The maximum absolute atomic E-state index is 11.8. The third-order valence-electron chi connectivity index (χ3n) is 6.33. The van der Waals surface area contributed by atoms with Crippen LogP contribution in [0.5, 0.6) is 0 Å². The van der Waals surface area contributed by atoms with Gasteiger partial charge in [0.1, 0.15) is 0 Å². The minimum Gasteiger partial charge on any atom is -0.469 e. The molecule has 0 saturated heterocycles. The van der Waals surface area contributed by atoms with Crippen LogP contribution in [0.25, 0.3) is 0 Å². The Labute approximate surface area is 176 Å². The van der Waals surface area contributed by atoms with Crippen LogP contribution in [0.4, 0.5) is 0 Å². The molecule has 0 amide bonds. The van der Waals surface area contributed by atoms with Crippen LogP contribution in [0.2, 0.25) is 5.04 Å². The molecule has 2 aromatic carbocycles. The Morgan fingerprint density at radius 2 is 1.38 bits per heavy atom. The average Bonchev–Trinajstić information content (AvgIpc) is 2.74. The zero-order valence-electron chi connectivity index (χ0n) is 18.2. The maximum Gasteiger partial charge on any atom is 0.308 e. The van der Waals surface area contributed by atoms with Gasteiger partial charge in [0.25, 0.3) is 8.32 Å². The number of rotatable bonds is 6. The first-order valence-corrected chi connectivity index (χ1v) is 12.6. The molecular weight excluding hydrogens is 376 g/mol.